The molecule has 0 N–H and O–H groups in total. The molecule has 0 amide bonds. The highest BCUT2D eigenvalue weighted by Gasteiger charge is 2.38. The minimum atomic E-state index is -0.199. The Morgan fingerprint density at radius 2 is 1.90 bits per heavy atom. The molecule has 0 aromatic heterocycles. The van der Waals surface area contributed by atoms with Crippen LogP contribution < -0.4 is 0 Å². The molecule has 0 bridgehead atoms. The lowest BCUT2D eigenvalue weighted by Crippen LogP contribution is -2.07. The third kappa shape index (κ3) is 1.65. The number of fused-ring (bicyclic) bond motifs is 5. The maximum atomic E-state index is 13.6. The Kier molecular flexibility index (Phi) is 2.54. The fraction of sp³-hybridized carbons (Fsp3) is 0.222. The Morgan fingerprint density at radius 3 is 2.80 bits per heavy atom. The summed E-state index contributed by atoms with van der Waals surface area (Å²) in [6.45, 7) is 4.71. The molecule has 4 rings (SSSR count). The zero-order valence-corrected chi connectivity index (χ0v) is 11.1. The molecule has 0 saturated carbocycles. The minimum Gasteiger partial charge on any atom is -0.368 e. The molecule has 1 saturated heterocycles. The summed E-state index contributed by atoms with van der Waals surface area (Å²) in [7, 11) is 0. The molecule has 1 heterocycles. The number of benzene rings is 2. The van der Waals surface area contributed by atoms with E-state index in [0.717, 1.165) is 23.1 Å². The Morgan fingerprint density at radius 1 is 1.10 bits per heavy atom. The average Bonchev–Trinajstić information content (AvgIpc) is 2.76. The van der Waals surface area contributed by atoms with Crippen LogP contribution in [0.5, 0.6) is 0 Å². The Labute approximate surface area is 119 Å². The van der Waals surface area contributed by atoms with Crippen LogP contribution in [0.15, 0.2) is 54.6 Å². The quantitative estimate of drug-likeness (QED) is 0.644. The van der Waals surface area contributed by atoms with E-state index in [4.69, 9.17) is 4.74 Å². The van der Waals surface area contributed by atoms with Gasteiger partial charge in [-0.05, 0) is 46.4 Å². The van der Waals surface area contributed by atoms with Gasteiger partial charge in [-0.15, -0.1) is 0 Å². The number of halogens is 1. The minimum absolute atomic E-state index is 0. The molecular formula is C18H17FO. The maximum Gasteiger partial charge on any atom is 0.123 e. The van der Waals surface area contributed by atoms with E-state index in [2.05, 4.69) is 30.8 Å². The van der Waals surface area contributed by atoms with Crippen molar-refractivity contribution in [2.45, 2.75) is 18.4 Å². The lowest BCUT2D eigenvalue weighted by atomic mass is 9.86. The van der Waals surface area contributed by atoms with Crippen molar-refractivity contribution in [2.75, 3.05) is 6.61 Å². The molecule has 2 heteroatoms. The summed E-state index contributed by atoms with van der Waals surface area (Å²) < 4.78 is 19.6. The van der Waals surface area contributed by atoms with Gasteiger partial charge in [0.05, 0.1) is 12.7 Å². The first-order chi connectivity index (χ1) is 9.74. The van der Waals surface area contributed by atoms with Crippen LogP contribution in [0.3, 0.4) is 0 Å². The molecule has 0 spiro atoms. The van der Waals surface area contributed by atoms with Gasteiger partial charge in [0.25, 0.3) is 0 Å². The van der Waals surface area contributed by atoms with Crippen molar-refractivity contribution in [3.8, 4) is 0 Å². The third-order valence-corrected chi connectivity index (χ3v) is 4.38. The summed E-state index contributed by atoms with van der Waals surface area (Å²) in [5.41, 5.74) is 5.78. The van der Waals surface area contributed by atoms with Gasteiger partial charge in [-0.3, -0.25) is 0 Å². The molecule has 2 atom stereocenters. The van der Waals surface area contributed by atoms with Crippen LogP contribution >= 0.6 is 0 Å². The van der Waals surface area contributed by atoms with E-state index < -0.39 is 0 Å². The maximum absolute atomic E-state index is 13.6. The number of hydrogen-bond donors (Lipinski definition) is 0. The Balaban J connectivity index is 0.00000132. The van der Waals surface area contributed by atoms with E-state index >= 15 is 0 Å². The van der Waals surface area contributed by atoms with Crippen molar-refractivity contribution >= 4 is 0 Å². The molecule has 1 nitrogen and oxygen atoms in total. The van der Waals surface area contributed by atoms with Crippen molar-refractivity contribution in [2.24, 2.45) is 0 Å². The van der Waals surface area contributed by atoms with Crippen LogP contribution in [-0.4, -0.2) is 6.61 Å². The van der Waals surface area contributed by atoms with Crippen LogP contribution in [0, 0.1) is 5.82 Å². The number of ether oxygens (including phenoxy) is 1. The van der Waals surface area contributed by atoms with E-state index in [1.54, 1.807) is 6.07 Å². The smallest absolute Gasteiger partial charge is 0.123 e. The van der Waals surface area contributed by atoms with Crippen LogP contribution in [0.4, 0.5) is 4.39 Å². The highest BCUT2D eigenvalue weighted by atomic mass is 19.1. The zero-order chi connectivity index (χ0) is 13.7. The Bertz CT molecular complexity index is 710. The highest BCUT2D eigenvalue weighted by molar-refractivity contribution is 5.48. The lowest BCUT2D eigenvalue weighted by Gasteiger charge is -2.19. The Hall–Kier alpha value is -1.93. The van der Waals surface area contributed by atoms with E-state index in [1.165, 1.54) is 17.2 Å². The second-order valence-electron chi connectivity index (χ2n) is 5.59. The van der Waals surface area contributed by atoms with Gasteiger partial charge in [0.1, 0.15) is 5.82 Å². The van der Waals surface area contributed by atoms with Crippen LogP contribution in [-0.2, 0) is 11.2 Å². The van der Waals surface area contributed by atoms with E-state index in [0.29, 0.717) is 6.61 Å². The largest absolute Gasteiger partial charge is 0.368 e. The van der Waals surface area contributed by atoms with E-state index in [-0.39, 0.29) is 19.3 Å². The summed E-state index contributed by atoms with van der Waals surface area (Å²) in [5, 5.41) is 0. The number of rotatable bonds is 0. The fourth-order valence-corrected chi connectivity index (χ4v) is 3.44. The molecule has 2 aromatic rings. The topological polar surface area (TPSA) is 9.23 Å². The second kappa shape index (κ2) is 4.29. The molecule has 1 aliphatic heterocycles. The summed E-state index contributed by atoms with van der Waals surface area (Å²) in [5.74, 6) is -0.0520. The molecule has 2 aliphatic rings. The first-order valence-electron chi connectivity index (χ1n) is 6.89. The zero-order valence-electron chi connectivity index (χ0n) is 11.1. The van der Waals surface area contributed by atoms with Crippen molar-refractivity contribution in [1.82, 2.24) is 0 Å². The van der Waals surface area contributed by atoms with Crippen molar-refractivity contribution in [3.63, 3.8) is 0 Å². The monoisotopic (exact) mass is 268 g/mol. The molecule has 102 valence electrons. The second-order valence-corrected chi connectivity index (χ2v) is 5.59. The summed E-state index contributed by atoms with van der Waals surface area (Å²) in [4.78, 5) is 0. The predicted octanol–water partition coefficient (Wildman–Crippen LogP) is 4.39. The van der Waals surface area contributed by atoms with Gasteiger partial charge in [0.15, 0.2) is 0 Å². The van der Waals surface area contributed by atoms with Crippen LogP contribution in [0.2, 0.25) is 0 Å². The molecule has 1 aliphatic carbocycles. The third-order valence-electron chi connectivity index (χ3n) is 4.38. The van der Waals surface area contributed by atoms with Crippen molar-refractivity contribution < 1.29 is 10.6 Å². The van der Waals surface area contributed by atoms with Gasteiger partial charge in [-0.25, -0.2) is 4.39 Å². The SMILES string of the molecule is C=C1COC2c3cc(F)ccc3Cc3ccccc3C12.[HH]. The van der Waals surface area contributed by atoms with Gasteiger partial charge >= 0.3 is 0 Å². The molecular weight excluding hydrogens is 251 g/mol. The standard InChI is InChI=1S/C18H15FO.H2/c1-11-10-20-18-16-9-14(19)7-6-13(16)8-12-4-2-3-5-15(12)17(11)18;/h2-7,9,17-18H,1,8,10H2;1H. The van der Waals surface area contributed by atoms with Gasteiger partial charge in [0, 0.05) is 7.34 Å². The van der Waals surface area contributed by atoms with Gasteiger partial charge in [-0.1, -0.05) is 36.9 Å². The van der Waals surface area contributed by atoms with Gasteiger partial charge in [-0.2, -0.15) is 0 Å². The van der Waals surface area contributed by atoms with E-state index in [9.17, 15) is 4.39 Å². The molecule has 1 fully saturated rings. The summed E-state index contributed by atoms with van der Waals surface area (Å²) >= 11 is 0. The molecule has 2 unspecified atom stereocenters. The van der Waals surface area contributed by atoms with Crippen molar-refractivity contribution in [1.29, 1.82) is 0 Å². The molecule has 2 aromatic carbocycles. The summed E-state index contributed by atoms with van der Waals surface area (Å²) in [6, 6.07) is 13.4. The van der Waals surface area contributed by atoms with Gasteiger partial charge < -0.3 is 4.74 Å². The van der Waals surface area contributed by atoms with E-state index in [1.807, 2.05) is 6.07 Å². The van der Waals surface area contributed by atoms with Crippen LogP contribution in [0.1, 0.15) is 35.7 Å². The first kappa shape index (κ1) is 11.9. The predicted molar refractivity (Wildman–Crippen MR) is 78.3 cm³/mol. The number of hydrogen-bond acceptors (Lipinski definition) is 1. The molecule has 20 heavy (non-hydrogen) atoms. The van der Waals surface area contributed by atoms with Crippen molar-refractivity contribution in [3.05, 3.63) is 82.7 Å². The molecule has 0 radical (unpaired) electrons. The van der Waals surface area contributed by atoms with Crippen LogP contribution in [0.25, 0.3) is 0 Å². The normalized spacial score (nSPS) is 23.8. The highest BCUT2D eigenvalue weighted by Crippen LogP contribution is 2.48. The van der Waals surface area contributed by atoms with Gasteiger partial charge in [0.2, 0.25) is 0 Å². The fourth-order valence-electron chi connectivity index (χ4n) is 3.44. The first-order valence-corrected chi connectivity index (χ1v) is 6.89. The lowest BCUT2D eigenvalue weighted by molar-refractivity contribution is 0.105. The summed E-state index contributed by atoms with van der Waals surface area (Å²) in [6.07, 6.45) is 0.729. The average molecular weight is 268 g/mol.